The molecule has 1 unspecified atom stereocenters. The molecule has 0 amide bonds. The monoisotopic (exact) mass is 361 g/mol. The van der Waals surface area contributed by atoms with Gasteiger partial charge in [-0.25, -0.2) is 4.79 Å². The van der Waals surface area contributed by atoms with Crippen molar-refractivity contribution >= 4 is 11.5 Å². The highest BCUT2D eigenvalue weighted by Gasteiger charge is 2.21. The lowest BCUT2D eigenvalue weighted by Gasteiger charge is -2.19. The molecule has 0 fully saturated rings. The van der Waals surface area contributed by atoms with Crippen LogP contribution in [0.5, 0.6) is 0 Å². The summed E-state index contributed by atoms with van der Waals surface area (Å²) in [4.78, 5) is 11.8. The van der Waals surface area contributed by atoms with Crippen molar-refractivity contribution < 1.29 is 9.90 Å². The van der Waals surface area contributed by atoms with E-state index in [1.807, 2.05) is 54.6 Å². The zero-order chi connectivity index (χ0) is 19.6. The minimum absolute atomic E-state index is 0.213. The van der Waals surface area contributed by atoms with E-state index >= 15 is 0 Å². The maximum absolute atomic E-state index is 11.8. The third-order valence-electron chi connectivity index (χ3n) is 4.98. The molecule has 2 aromatic rings. The molecule has 0 aliphatic rings. The van der Waals surface area contributed by atoms with E-state index in [9.17, 15) is 15.2 Å². The van der Waals surface area contributed by atoms with Crippen LogP contribution >= 0.6 is 0 Å². The normalized spacial score (nSPS) is 12.8. The van der Waals surface area contributed by atoms with Gasteiger partial charge in [0.05, 0.1) is 0 Å². The zero-order valence-electron chi connectivity index (χ0n) is 16.1. The first-order valence-corrected chi connectivity index (χ1v) is 9.63. The molecule has 3 nitrogen and oxygen atoms in total. The number of carboxylic acid groups (broad SMARTS) is 1. The summed E-state index contributed by atoms with van der Waals surface area (Å²) < 4.78 is 0. The van der Waals surface area contributed by atoms with Crippen LogP contribution in [0, 0.1) is 17.2 Å². The number of aliphatic carboxylic acids is 1. The molecule has 0 aromatic heterocycles. The van der Waals surface area contributed by atoms with Gasteiger partial charge in [0, 0.05) is 5.57 Å². The largest absolute Gasteiger partial charge is 0.477 e. The second-order valence-corrected chi connectivity index (χ2v) is 6.81. The Morgan fingerprint density at radius 2 is 1.74 bits per heavy atom. The Bertz CT molecular complexity index is 831. The van der Waals surface area contributed by atoms with Gasteiger partial charge in [0.2, 0.25) is 0 Å². The predicted octanol–water partition coefficient (Wildman–Crippen LogP) is 5.86. The fraction of sp³-hybridized carbons (Fsp3) is 0.333. The second-order valence-electron chi connectivity index (χ2n) is 6.81. The number of nitriles is 1. The molecular formula is C24H27NO2. The molecule has 0 bridgehead atoms. The molecule has 0 aliphatic heterocycles. The average molecular weight is 361 g/mol. The Balaban J connectivity index is 2.58. The quantitative estimate of drug-likeness (QED) is 0.450. The van der Waals surface area contributed by atoms with Crippen molar-refractivity contribution in [3.05, 3.63) is 76.9 Å². The van der Waals surface area contributed by atoms with Crippen LogP contribution in [0.3, 0.4) is 0 Å². The highest BCUT2D eigenvalue weighted by atomic mass is 16.4. The maximum Gasteiger partial charge on any atom is 0.347 e. The minimum atomic E-state index is -1.19. The first-order valence-electron chi connectivity index (χ1n) is 9.63. The lowest BCUT2D eigenvalue weighted by Crippen LogP contribution is -2.09. The summed E-state index contributed by atoms with van der Waals surface area (Å²) in [6.45, 7) is 4.40. The number of benzene rings is 2. The lowest BCUT2D eigenvalue weighted by atomic mass is 9.85. The van der Waals surface area contributed by atoms with Gasteiger partial charge < -0.3 is 5.11 Å². The molecule has 2 rings (SSSR count). The molecule has 3 heteroatoms. The standard InChI is InChI=1S/C24H27NO2/c1-3-5-11-18(4-2)16-20-14-9-10-15-21(20)23(22(17-25)24(26)27)19-12-7-6-8-13-19/h6-10,12-15,18H,3-5,11,16H2,1-2H3,(H,26,27)/b23-22+. The van der Waals surface area contributed by atoms with Gasteiger partial charge in [-0.15, -0.1) is 0 Å². The van der Waals surface area contributed by atoms with E-state index in [2.05, 4.69) is 19.9 Å². The van der Waals surface area contributed by atoms with Crippen LogP contribution in [-0.2, 0) is 11.2 Å². The maximum atomic E-state index is 11.8. The molecule has 0 saturated carbocycles. The Hall–Kier alpha value is -2.86. The number of unbranched alkanes of at least 4 members (excludes halogenated alkanes) is 1. The fourth-order valence-electron chi connectivity index (χ4n) is 3.45. The molecule has 27 heavy (non-hydrogen) atoms. The van der Waals surface area contributed by atoms with Crippen LogP contribution in [0.15, 0.2) is 60.2 Å². The molecule has 2 aromatic carbocycles. The summed E-state index contributed by atoms with van der Waals surface area (Å²) in [7, 11) is 0. The van der Waals surface area contributed by atoms with Gasteiger partial charge in [-0.2, -0.15) is 5.26 Å². The smallest absolute Gasteiger partial charge is 0.347 e. The fourth-order valence-corrected chi connectivity index (χ4v) is 3.45. The molecule has 0 radical (unpaired) electrons. The van der Waals surface area contributed by atoms with Gasteiger partial charge in [-0.3, -0.25) is 0 Å². The summed E-state index contributed by atoms with van der Waals surface area (Å²) >= 11 is 0. The van der Waals surface area contributed by atoms with Gasteiger partial charge in [0.1, 0.15) is 11.6 Å². The van der Waals surface area contributed by atoms with Crippen molar-refractivity contribution in [3.8, 4) is 6.07 Å². The van der Waals surface area contributed by atoms with Gasteiger partial charge >= 0.3 is 5.97 Å². The van der Waals surface area contributed by atoms with E-state index < -0.39 is 5.97 Å². The average Bonchev–Trinajstić information content (AvgIpc) is 2.70. The van der Waals surface area contributed by atoms with Crippen molar-refractivity contribution in [2.24, 2.45) is 5.92 Å². The number of hydrogen-bond donors (Lipinski definition) is 1. The van der Waals surface area contributed by atoms with Gasteiger partial charge in [-0.05, 0) is 29.0 Å². The number of hydrogen-bond acceptors (Lipinski definition) is 2. The predicted molar refractivity (Wildman–Crippen MR) is 109 cm³/mol. The number of nitrogens with zero attached hydrogens (tertiary/aromatic N) is 1. The van der Waals surface area contributed by atoms with Crippen LogP contribution in [0.2, 0.25) is 0 Å². The second kappa shape index (κ2) is 10.3. The van der Waals surface area contributed by atoms with Crippen LogP contribution in [0.1, 0.15) is 56.2 Å². The SMILES string of the molecule is CCCCC(CC)Cc1ccccc1/C(=C(\C#N)C(=O)O)c1ccccc1. The molecule has 0 aliphatic carbocycles. The first kappa shape index (κ1) is 20.5. The van der Waals surface area contributed by atoms with E-state index in [0.717, 1.165) is 36.0 Å². The van der Waals surface area contributed by atoms with Gasteiger partial charge in [-0.1, -0.05) is 94.1 Å². The van der Waals surface area contributed by atoms with E-state index in [1.54, 1.807) is 0 Å². The van der Waals surface area contributed by atoms with Crippen LogP contribution in [0.4, 0.5) is 0 Å². The van der Waals surface area contributed by atoms with Crippen molar-refractivity contribution in [3.63, 3.8) is 0 Å². The van der Waals surface area contributed by atoms with E-state index in [1.165, 1.54) is 12.8 Å². The number of rotatable bonds is 9. The Morgan fingerprint density at radius 3 is 2.33 bits per heavy atom. The summed E-state index contributed by atoms with van der Waals surface area (Å²) in [6, 6.07) is 19.1. The van der Waals surface area contributed by atoms with Gasteiger partial charge in [0.15, 0.2) is 0 Å². The third kappa shape index (κ3) is 5.31. The molecule has 0 heterocycles. The van der Waals surface area contributed by atoms with Crippen molar-refractivity contribution in [2.75, 3.05) is 0 Å². The summed E-state index contributed by atoms with van der Waals surface area (Å²) in [5, 5.41) is 19.2. The molecule has 140 valence electrons. The highest BCUT2D eigenvalue weighted by molar-refractivity contribution is 6.04. The zero-order valence-corrected chi connectivity index (χ0v) is 16.1. The summed E-state index contributed by atoms with van der Waals surface area (Å²) in [5.74, 6) is -0.636. The molecular weight excluding hydrogens is 334 g/mol. The Kier molecular flexibility index (Phi) is 7.82. The van der Waals surface area contributed by atoms with E-state index in [0.29, 0.717) is 11.5 Å². The van der Waals surface area contributed by atoms with E-state index in [4.69, 9.17) is 0 Å². The Labute approximate surface area is 162 Å². The lowest BCUT2D eigenvalue weighted by molar-refractivity contribution is -0.132. The third-order valence-corrected chi connectivity index (χ3v) is 4.98. The number of carboxylic acids is 1. The number of carbonyl (C=O) groups is 1. The molecule has 1 atom stereocenters. The van der Waals surface area contributed by atoms with Crippen molar-refractivity contribution in [1.82, 2.24) is 0 Å². The molecule has 0 spiro atoms. The molecule has 0 saturated heterocycles. The van der Waals surface area contributed by atoms with E-state index in [-0.39, 0.29) is 5.57 Å². The van der Waals surface area contributed by atoms with Crippen LogP contribution in [-0.4, -0.2) is 11.1 Å². The highest BCUT2D eigenvalue weighted by Crippen LogP contribution is 2.32. The van der Waals surface area contributed by atoms with Gasteiger partial charge in [0.25, 0.3) is 0 Å². The van der Waals surface area contributed by atoms with Crippen LogP contribution < -0.4 is 0 Å². The summed E-state index contributed by atoms with van der Waals surface area (Å²) in [5.41, 5.74) is 3.00. The summed E-state index contributed by atoms with van der Waals surface area (Å²) in [6.07, 6.45) is 5.51. The first-order chi connectivity index (χ1) is 13.1. The van der Waals surface area contributed by atoms with Crippen LogP contribution in [0.25, 0.3) is 5.57 Å². The topological polar surface area (TPSA) is 61.1 Å². The molecule has 1 N–H and O–H groups in total. The van der Waals surface area contributed by atoms with Crippen molar-refractivity contribution in [1.29, 1.82) is 5.26 Å². The minimum Gasteiger partial charge on any atom is -0.477 e. The Morgan fingerprint density at radius 1 is 1.07 bits per heavy atom. The van der Waals surface area contributed by atoms with Crippen molar-refractivity contribution in [2.45, 2.75) is 46.0 Å².